The van der Waals surface area contributed by atoms with Crippen molar-refractivity contribution in [2.24, 2.45) is 10.9 Å². The molecule has 2 atom stereocenters. The lowest BCUT2D eigenvalue weighted by Crippen LogP contribution is -2.31. The summed E-state index contributed by atoms with van der Waals surface area (Å²) < 4.78 is 9.55. The first-order chi connectivity index (χ1) is 10.5. The van der Waals surface area contributed by atoms with Gasteiger partial charge in [0.05, 0.1) is 19.8 Å². The second kappa shape index (κ2) is 6.94. The molecule has 1 aromatic rings. The number of esters is 2. The molecule has 0 aliphatic carbocycles. The Kier molecular flexibility index (Phi) is 5.21. The first kappa shape index (κ1) is 16.5. The van der Waals surface area contributed by atoms with Gasteiger partial charge in [-0.25, -0.2) is 4.79 Å². The molecule has 0 amide bonds. The molecule has 1 heterocycles. The normalized spacial score (nSPS) is 20.3. The second-order valence-electron chi connectivity index (χ2n) is 4.57. The predicted octanol–water partition coefficient (Wildman–Crippen LogP) is 3.01. The third-order valence-corrected chi connectivity index (χ3v) is 3.91. The van der Waals surface area contributed by atoms with Gasteiger partial charge in [0, 0.05) is 28.4 Å². The molecule has 0 radical (unpaired) electrons. The summed E-state index contributed by atoms with van der Waals surface area (Å²) in [6.45, 7) is 0. The van der Waals surface area contributed by atoms with E-state index < -0.39 is 23.8 Å². The fourth-order valence-electron chi connectivity index (χ4n) is 2.32. The number of carbonyl (C=O) groups is 2. The molecule has 1 aliphatic heterocycles. The van der Waals surface area contributed by atoms with Crippen molar-refractivity contribution in [3.8, 4) is 0 Å². The molecule has 0 aromatic heterocycles. The average Bonchev–Trinajstić information content (AvgIpc) is 2.53. The van der Waals surface area contributed by atoms with Crippen molar-refractivity contribution in [2.75, 3.05) is 14.2 Å². The van der Waals surface area contributed by atoms with Gasteiger partial charge in [0.2, 0.25) is 0 Å². The van der Waals surface area contributed by atoms with Crippen molar-refractivity contribution in [3.63, 3.8) is 0 Å². The van der Waals surface area contributed by atoms with Crippen molar-refractivity contribution >= 4 is 41.4 Å². The largest absolute Gasteiger partial charge is 0.468 e. The van der Waals surface area contributed by atoms with Crippen molar-refractivity contribution < 1.29 is 19.1 Å². The molecule has 2 rings (SSSR count). The Morgan fingerprint density at radius 3 is 2.50 bits per heavy atom. The Morgan fingerprint density at radius 1 is 1.18 bits per heavy atom. The highest BCUT2D eigenvalue weighted by atomic mass is 35.5. The average molecular weight is 342 g/mol. The van der Waals surface area contributed by atoms with Crippen LogP contribution in [0.3, 0.4) is 0 Å². The molecule has 1 unspecified atom stereocenters. The van der Waals surface area contributed by atoms with E-state index in [1.807, 2.05) is 0 Å². The number of hydrogen-bond acceptors (Lipinski definition) is 5. The SMILES string of the molecule is COC(=O)C1=CN=CC(C(=O)OC)[C@@H]1c1ccc(Cl)cc1Cl. The number of hydrogen-bond donors (Lipinski definition) is 0. The molecule has 0 saturated heterocycles. The molecular weight excluding hydrogens is 329 g/mol. The molecule has 0 N–H and O–H groups in total. The standard InChI is InChI=1S/C15H13Cl2NO4/c1-21-14(19)10-6-18-7-11(15(20)22-2)13(10)9-4-3-8(16)5-12(9)17/h3-7,10,13H,1-2H3/t10?,13-/m0/s1. The number of nitrogens with zero attached hydrogens (tertiary/aromatic N) is 1. The van der Waals surface area contributed by atoms with Crippen LogP contribution in [0.2, 0.25) is 10.0 Å². The Labute approximate surface area is 137 Å². The minimum absolute atomic E-state index is 0.227. The highest BCUT2D eigenvalue weighted by Gasteiger charge is 2.38. The Morgan fingerprint density at radius 2 is 1.91 bits per heavy atom. The maximum atomic E-state index is 12.0. The highest BCUT2D eigenvalue weighted by Crippen LogP contribution is 2.39. The summed E-state index contributed by atoms with van der Waals surface area (Å²) in [6.07, 6.45) is 2.79. The second-order valence-corrected chi connectivity index (χ2v) is 5.41. The van der Waals surface area contributed by atoms with Gasteiger partial charge in [-0.1, -0.05) is 29.3 Å². The van der Waals surface area contributed by atoms with Crippen LogP contribution in [0, 0.1) is 5.92 Å². The van der Waals surface area contributed by atoms with E-state index in [1.165, 1.54) is 26.6 Å². The summed E-state index contributed by atoms with van der Waals surface area (Å²) in [5.74, 6) is -2.53. The first-order valence-electron chi connectivity index (χ1n) is 6.34. The quantitative estimate of drug-likeness (QED) is 0.792. The van der Waals surface area contributed by atoms with Crippen molar-refractivity contribution in [1.29, 1.82) is 0 Å². The van der Waals surface area contributed by atoms with Crippen LogP contribution < -0.4 is 0 Å². The van der Waals surface area contributed by atoms with Crippen LogP contribution in [0.1, 0.15) is 11.5 Å². The third-order valence-electron chi connectivity index (χ3n) is 3.35. The fourth-order valence-corrected chi connectivity index (χ4v) is 2.85. The van der Waals surface area contributed by atoms with Crippen molar-refractivity contribution in [1.82, 2.24) is 0 Å². The minimum atomic E-state index is -0.775. The van der Waals surface area contributed by atoms with E-state index in [9.17, 15) is 9.59 Å². The van der Waals surface area contributed by atoms with Gasteiger partial charge in [-0.2, -0.15) is 0 Å². The van der Waals surface area contributed by atoms with Crippen molar-refractivity contribution in [2.45, 2.75) is 5.92 Å². The van der Waals surface area contributed by atoms with Crippen LogP contribution in [0.25, 0.3) is 0 Å². The summed E-state index contributed by atoms with van der Waals surface area (Å²) in [6, 6.07) is 4.85. The summed E-state index contributed by atoms with van der Waals surface area (Å²) in [5.41, 5.74) is 0.800. The zero-order chi connectivity index (χ0) is 16.3. The summed E-state index contributed by atoms with van der Waals surface area (Å²) >= 11 is 12.1. The van der Waals surface area contributed by atoms with E-state index in [-0.39, 0.29) is 5.57 Å². The smallest absolute Gasteiger partial charge is 0.335 e. The Bertz CT molecular complexity index is 670. The molecule has 0 spiro atoms. The third kappa shape index (κ3) is 3.15. The number of rotatable bonds is 3. The lowest BCUT2D eigenvalue weighted by atomic mass is 9.80. The minimum Gasteiger partial charge on any atom is -0.468 e. The maximum Gasteiger partial charge on any atom is 0.335 e. The van der Waals surface area contributed by atoms with Gasteiger partial charge in [-0.05, 0) is 17.7 Å². The van der Waals surface area contributed by atoms with Gasteiger partial charge >= 0.3 is 11.9 Å². The summed E-state index contributed by atoms with van der Waals surface area (Å²) in [4.78, 5) is 28.0. The molecule has 0 bridgehead atoms. The van der Waals surface area contributed by atoms with Crippen LogP contribution in [0.15, 0.2) is 35.0 Å². The van der Waals surface area contributed by atoms with E-state index in [0.717, 1.165) is 0 Å². The van der Waals surface area contributed by atoms with E-state index >= 15 is 0 Å². The Hall–Kier alpha value is -1.85. The van der Waals surface area contributed by atoms with Crippen molar-refractivity contribution in [3.05, 3.63) is 45.6 Å². The summed E-state index contributed by atoms with van der Waals surface area (Å²) in [7, 11) is 2.53. The zero-order valence-corrected chi connectivity index (χ0v) is 13.4. The van der Waals surface area contributed by atoms with Gasteiger partial charge in [0.15, 0.2) is 0 Å². The van der Waals surface area contributed by atoms with Crippen LogP contribution in [0.4, 0.5) is 0 Å². The molecule has 22 heavy (non-hydrogen) atoms. The van der Waals surface area contributed by atoms with Crippen LogP contribution in [0.5, 0.6) is 0 Å². The predicted molar refractivity (Wildman–Crippen MR) is 83.3 cm³/mol. The topological polar surface area (TPSA) is 65.0 Å². The van der Waals surface area contributed by atoms with Crippen LogP contribution in [-0.4, -0.2) is 32.4 Å². The number of aliphatic imine (C=N–C) groups is 1. The Balaban J connectivity index is 2.56. The highest BCUT2D eigenvalue weighted by molar-refractivity contribution is 6.35. The van der Waals surface area contributed by atoms with Gasteiger partial charge in [0.1, 0.15) is 5.92 Å². The lowest BCUT2D eigenvalue weighted by molar-refractivity contribution is -0.143. The summed E-state index contributed by atoms with van der Waals surface area (Å²) in [5, 5.41) is 0.799. The molecule has 116 valence electrons. The van der Waals surface area contributed by atoms with E-state index in [1.54, 1.807) is 18.2 Å². The molecular formula is C15H13Cl2NO4. The van der Waals surface area contributed by atoms with E-state index in [0.29, 0.717) is 15.6 Å². The molecule has 7 heteroatoms. The lowest BCUT2D eigenvalue weighted by Gasteiger charge is -2.27. The number of methoxy groups -OCH3 is 2. The number of carbonyl (C=O) groups excluding carboxylic acids is 2. The number of halogens is 2. The molecule has 0 fully saturated rings. The fraction of sp³-hybridized carbons (Fsp3) is 0.267. The van der Waals surface area contributed by atoms with E-state index in [2.05, 4.69) is 4.99 Å². The monoisotopic (exact) mass is 341 g/mol. The van der Waals surface area contributed by atoms with Gasteiger partial charge in [-0.15, -0.1) is 0 Å². The van der Waals surface area contributed by atoms with Crippen LogP contribution >= 0.6 is 23.2 Å². The molecule has 5 nitrogen and oxygen atoms in total. The van der Waals surface area contributed by atoms with E-state index in [4.69, 9.17) is 32.7 Å². The number of benzene rings is 1. The maximum absolute atomic E-state index is 12.0. The molecule has 1 aromatic carbocycles. The first-order valence-corrected chi connectivity index (χ1v) is 7.09. The molecule has 1 aliphatic rings. The zero-order valence-electron chi connectivity index (χ0n) is 11.9. The van der Waals surface area contributed by atoms with Gasteiger partial charge in [-0.3, -0.25) is 9.79 Å². The van der Waals surface area contributed by atoms with Gasteiger partial charge in [0.25, 0.3) is 0 Å². The molecule has 0 saturated carbocycles. The van der Waals surface area contributed by atoms with Gasteiger partial charge < -0.3 is 9.47 Å². The van der Waals surface area contributed by atoms with Crippen LogP contribution in [-0.2, 0) is 19.1 Å². The number of ether oxygens (including phenoxy) is 2.